The Kier molecular flexibility index (Phi) is 2.62. The molecule has 0 heterocycles. The van der Waals surface area contributed by atoms with Crippen LogP contribution < -0.4 is 4.65 Å². The molecule has 2 aromatic rings. The van der Waals surface area contributed by atoms with E-state index < -0.39 is 7.32 Å². The molecule has 3 nitrogen and oxygen atoms in total. The van der Waals surface area contributed by atoms with Gasteiger partial charge in [-0.2, -0.15) is 0 Å². The van der Waals surface area contributed by atoms with Crippen LogP contribution in [0.2, 0.25) is 0 Å². The van der Waals surface area contributed by atoms with Crippen molar-refractivity contribution in [3.05, 3.63) is 42.0 Å². The Labute approximate surface area is 88.1 Å². The standard InChI is InChI=1S/C11H11BO3/c1-8-6-7-11(15-12(13)14)10-5-3-2-4-9(8)10/h2-7,13-14H,1H3. The van der Waals surface area contributed by atoms with E-state index in [4.69, 9.17) is 14.7 Å². The maximum absolute atomic E-state index is 8.77. The van der Waals surface area contributed by atoms with Crippen LogP contribution in [0.15, 0.2) is 36.4 Å². The molecule has 76 valence electrons. The van der Waals surface area contributed by atoms with E-state index in [0.29, 0.717) is 5.75 Å². The van der Waals surface area contributed by atoms with Crippen molar-refractivity contribution in [1.82, 2.24) is 0 Å². The van der Waals surface area contributed by atoms with Crippen LogP contribution in [-0.4, -0.2) is 17.4 Å². The van der Waals surface area contributed by atoms with E-state index in [0.717, 1.165) is 16.3 Å². The summed E-state index contributed by atoms with van der Waals surface area (Å²) in [6.07, 6.45) is 0. The highest BCUT2D eigenvalue weighted by molar-refractivity contribution is 6.34. The summed E-state index contributed by atoms with van der Waals surface area (Å²) in [7, 11) is -1.78. The molecule has 2 rings (SSSR count). The van der Waals surface area contributed by atoms with Gasteiger partial charge in [-0.05, 0) is 23.9 Å². The third-order valence-electron chi connectivity index (χ3n) is 2.33. The number of hydrogen-bond acceptors (Lipinski definition) is 3. The van der Waals surface area contributed by atoms with Gasteiger partial charge in [-0.3, -0.25) is 0 Å². The van der Waals surface area contributed by atoms with Crippen molar-refractivity contribution in [2.75, 3.05) is 0 Å². The van der Waals surface area contributed by atoms with E-state index in [9.17, 15) is 0 Å². The van der Waals surface area contributed by atoms with Crippen molar-refractivity contribution in [2.24, 2.45) is 0 Å². The van der Waals surface area contributed by atoms with Crippen LogP contribution in [-0.2, 0) is 0 Å². The third kappa shape index (κ3) is 1.96. The first-order valence-electron chi connectivity index (χ1n) is 4.69. The van der Waals surface area contributed by atoms with E-state index in [1.165, 1.54) is 0 Å². The van der Waals surface area contributed by atoms with E-state index >= 15 is 0 Å². The second-order valence-corrected chi connectivity index (χ2v) is 3.37. The predicted octanol–water partition coefficient (Wildman–Crippen LogP) is 1.50. The van der Waals surface area contributed by atoms with Gasteiger partial charge < -0.3 is 14.7 Å². The van der Waals surface area contributed by atoms with Crippen molar-refractivity contribution in [3.8, 4) is 5.75 Å². The fourth-order valence-corrected chi connectivity index (χ4v) is 1.64. The van der Waals surface area contributed by atoms with Crippen molar-refractivity contribution in [3.63, 3.8) is 0 Å². The van der Waals surface area contributed by atoms with Crippen LogP contribution in [0.25, 0.3) is 10.8 Å². The largest absolute Gasteiger partial charge is 0.707 e. The van der Waals surface area contributed by atoms with Gasteiger partial charge in [-0.25, -0.2) is 0 Å². The van der Waals surface area contributed by atoms with Crippen molar-refractivity contribution < 1.29 is 14.7 Å². The molecule has 2 aromatic carbocycles. The normalized spacial score (nSPS) is 10.3. The summed E-state index contributed by atoms with van der Waals surface area (Å²) in [5.74, 6) is 0.478. The minimum atomic E-state index is -1.78. The summed E-state index contributed by atoms with van der Waals surface area (Å²) in [4.78, 5) is 0. The lowest BCUT2D eigenvalue weighted by Gasteiger charge is -2.09. The minimum Gasteiger partial charge on any atom is -0.512 e. The van der Waals surface area contributed by atoms with Crippen LogP contribution in [0, 0.1) is 6.92 Å². The van der Waals surface area contributed by atoms with Gasteiger partial charge in [0.25, 0.3) is 0 Å². The van der Waals surface area contributed by atoms with Crippen LogP contribution in [0.3, 0.4) is 0 Å². The molecule has 0 fully saturated rings. The molecule has 2 N–H and O–H groups in total. The Morgan fingerprint density at radius 2 is 1.67 bits per heavy atom. The van der Waals surface area contributed by atoms with Gasteiger partial charge in [-0.1, -0.05) is 30.3 Å². The first-order valence-corrected chi connectivity index (χ1v) is 4.69. The van der Waals surface area contributed by atoms with Crippen molar-refractivity contribution >= 4 is 18.1 Å². The number of benzene rings is 2. The van der Waals surface area contributed by atoms with Gasteiger partial charge in [-0.15, -0.1) is 0 Å². The van der Waals surface area contributed by atoms with Gasteiger partial charge in [0.1, 0.15) is 5.75 Å². The molecule has 0 saturated heterocycles. The zero-order valence-electron chi connectivity index (χ0n) is 8.34. The van der Waals surface area contributed by atoms with E-state index in [1.54, 1.807) is 6.07 Å². The lowest BCUT2D eigenvalue weighted by molar-refractivity contribution is 0.289. The molecule has 0 atom stereocenters. The highest BCUT2D eigenvalue weighted by Gasteiger charge is 2.13. The summed E-state index contributed by atoms with van der Waals surface area (Å²) >= 11 is 0. The molecule has 0 spiro atoms. The average molecular weight is 202 g/mol. The molecular formula is C11H11BO3. The highest BCUT2D eigenvalue weighted by Crippen LogP contribution is 2.27. The van der Waals surface area contributed by atoms with Crippen molar-refractivity contribution in [2.45, 2.75) is 6.92 Å². The molecule has 15 heavy (non-hydrogen) atoms. The second kappa shape index (κ2) is 3.92. The summed E-state index contributed by atoms with van der Waals surface area (Å²) in [6.45, 7) is 2.00. The molecule has 0 amide bonds. The fourth-order valence-electron chi connectivity index (χ4n) is 1.64. The third-order valence-corrected chi connectivity index (χ3v) is 2.33. The summed E-state index contributed by atoms with van der Waals surface area (Å²) in [5.41, 5.74) is 1.13. The first-order chi connectivity index (χ1) is 7.18. The summed E-state index contributed by atoms with van der Waals surface area (Å²) in [6, 6.07) is 11.3. The molecule has 0 saturated carbocycles. The Morgan fingerprint density at radius 3 is 2.33 bits per heavy atom. The van der Waals surface area contributed by atoms with Crippen LogP contribution in [0.4, 0.5) is 0 Å². The molecule has 0 aliphatic rings. The van der Waals surface area contributed by atoms with Crippen LogP contribution in [0.1, 0.15) is 5.56 Å². The smallest absolute Gasteiger partial charge is 0.512 e. The second-order valence-electron chi connectivity index (χ2n) is 3.37. The van der Waals surface area contributed by atoms with E-state index in [2.05, 4.69) is 0 Å². The predicted molar refractivity (Wildman–Crippen MR) is 59.5 cm³/mol. The minimum absolute atomic E-state index is 0.478. The van der Waals surface area contributed by atoms with Gasteiger partial charge >= 0.3 is 7.32 Å². The zero-order chi connectivity index (χ0) is 10.8. The van der Waals surface area contributed by atoms with E-state index in [-0.39, 0.29) is 0 Å². The number of rotatable bonds is 2. The molecule has 0 bridgehead atoms. The number of fused-ring (bicyclic) bond motifs is 1. The topological polar surface area (TPSA) is 49.7 Å². The van der Waals surface area contributed by atoms with Gasteiger partial charge in [0.05, 0.1) is 0 Å². The quantitative estimate of drug-likeness (QED) is 0.725. The Bertz CT molecular complexity index is 482. The maximum Gasteiger partial charge on any atom is 0.707 e. The Balaban J connectivity index is 2.61. The first kappa shape index (κ1) is 10.0. The summed E-state index contributed by atoms with van der Waals surface area (Å²) < 4.78 is 4.89. The lowest BCUT2D eigenvalue weighted by Crippen LogP contribution is -2.20. The maximum atomic E-state index is 8.77. The van der Waals surface area contributed by atoms with Gasteiger partial charge in [0.15, 0.2) is 0 Å². The average Bonchev–Trinajstić information content (AvgIpc) is 2.22. The van der Waals surface area contributed by atoms with Gasteiger partial charge in [0.2, 0.25) is 0 Å². The SMILES string of the molecule is Cc1ccc(OB(O)O)c2ccccc12. The summed E-state index contributed by atoms with van der Waals surface area (Å²) in [5, 5.41) is 19.5. The lowest BCUT2D eigenvalue weighted by atomic mass is 10.0. The number of hydrogen-bond donors (Lipinski definition) is 2. The highest BCUT2D eigenvalue weighted by atomic mass is 16.6. The Morgan fingerprint density at radius 1 is 1.00 bits per heavy atom. The molecule has 0 aromatic heterocycles. The molecular weight excluding hydrogens is 191 g/mol. The zero-order valence-corrected chi connectivity index (χ0v) is 8.34. The van der Waals surface area contributed by atoms with E-state index in [1.807, 2.05) is 37.3 Å². The molecule has 0 aliphatic heterocycles. The monoisotopic (exact) mass is 202 g/mol. The molecule has 0 unspecified atom stereocenters. The van der Waals surface area contributed by atoms with Crippen LogP contribution >= 0.6 is 0 Å². The Hall–Kier alpha value is -1.52. The fraction of sp³-hybridized carbons (Fsp3) is 0.0909. The van der Waals surface area contributed by atoms with Crippen LogP contribution in [0.5, 0.6) is 5.75 Å². The molecule has 4 heteroatoms. The van der Waals surface area contributed by atoms with Gasteiger partial charge in [0, 0.05) is 5.39 Å². The van der Waals surface area contributed by atoms with Crippen molar-refractivity contribution in [1.29, 1.82) is 0 Å². The molecule has 0 radical (unpaired) electrons. The number of aryl methyl sites for hydroxylation is 1. The molecule has 0 aliphatic carbocycles.